The Labute approximate surface area is 81.7 Å². The predicted octanol–water partition coefficient (Wildman–Crippen LogP) is 1.47. The van der Waals surface area contributed by atoms with Gasteiger partial charge in [0.25, 0.3) is 0 Å². The molecule has 2 aliphatic rings. The third-order valence-electron chi connectivity index (χ3n) is 3.55. The Morgan fingerprint density at radius 2 is 2.23 bits per heavy atom. The highest BCUT2D eigenvalue weighted by atomic mass is 15.3. The molecule has 0 saturated carbocycles. The van der Waals surface area contributed by atoms with Gasteiger partial charge in [0.2, 0.25) is 0 Å². The molecular formula is C11H22N2. The molecule has 2 fully saturated rings. The Kier molecular flexibility index (Phi) is 2.61. The van der Waals surface area contributed by atoms with Crippen LogP contribution in [-0.2, 0) is 0 Å². The summed E-state index contributed by atoms with van der Waals surface area (Å²) in [6.07, 6.45) is 4.21. The van der Waals surface area contributed by atoms with Gasteiger partial charge in [-0.15, -0.1) is 0 Å². The second-order valence-electron chi connectivity index (χ2n) is 5.09. The van der Waals surface area contributed by atoms with Gasteiger partial charge in [0.15, 0.2) is 0 Å². The van der Waals surface area contributed by atoms with Crippen molar-refractivity contribution in [3.63, 3.8) is 0 Å². The number of hydrogen-bond donors (Lipinski definition) is 1. The molecule has 1 atom stereocenters. The van der Waals surface area contributed by atoms with Gasteiger partial charge in [-0.25, -0.2) is 0 Å². The average molecular weight is 182 g/mol. The number of hydrogen-bond acceptors (Lipinski definition) is 2. The Bertz CT molecular complexity index is 165. The van der Waals surface area contributed by atoms with Gasteiger partial charge in [0.1, 0.15) is 0 Å². The lowest BCUT2D eigenvalue weighted by Crippen LogP contribution is -2.46. The van der Waals surface area contributed by atoms with Gasteiger partial charge < -0.3 is 5.32 Å². The lowest BCUT2D eigenvalue weighted by molar-refractivity contribution is 0.139. The van der Waals surface area contributed by atoms with Crippen LogP contribution < -0.4 is 5.32 Å². The molecule has 2 saturated heterocycles. The molecule has 2 rings (SSSR count). The van der Waals surface area contributed by atoms with Gasteiger partial charge in [-0.1, -0.05) is 13.8 Å². The normalized spacial score (nSPS) is 35.3. The first-order valence-electron chi connectivity index (χ1n) is 5.69. The minimum Gasteiger partial charge on any atom is -0.315 e. The van der Waals surface area contributed by atoms with E-state index < -0.39 is 0 Å². The van der Waals surface area contributed by atoms with Crippen molar-refractivity contribution in [1.82, 2.24) is 10.2 Å². The van der Waals surface area contributed by atoms with Crippen LogP contribution in [0.3, 0.4) is 0 Å². The minimum absolute atomic E-state index is 0.560. The monoisotopic (exact) mass is 182 g/mol. The molecule has 1 spiro atoms. The van der Waals surface area contributed by atoms with Crippen LogP contribution in [0, 0.1) is 5.92 Å². The number of likely N-dealkylation sites (tertiary alicyclic amines) is 1. The van der Waals surface area contributed by atoms with Crippen molar-refractivity contribution >= 4 is 0 Å². The predicted molar refractivity (Wildman–Crippen MR) is 55.9 cm³/mol. The molecule has 2 heterocycles. The number of nitrogens with one attached hydrogen (secondary N) is 1. The van der Waals surface area contributed by atoms with Crippen LogP contribution in [0.4, 0.5) is 0 Å². The summed E-state index contributed by atoms with van der Waals surface area (Å²) < 4.78 is 0. The largest absolute Gasteiger partial charge is 0.315 e. The molecule has 0 bridgehead atoms. The highest BCUT2D eigenvalue weighted by Gasteiger charge is 2.42. The maximum Gasteiger partial charge on any atom is 0.0346 e. The molecule has 0 radical (unpaired) electrons. The molecule has 2 nitrogen and oxygen atoms in total. The molecule has 0 unspecified atom stereocenters. The van der Waals surface area contributed by atoms with Crippen LogP contribution in [0.5, 0.6) is 0 Å². The van der Waals surface area contributed by atoms with Gasteiger partial charge in [-0.3, -0.25) is 4.90 Å². The molecule has 2 aliphatic heterocycles. The fourth-order valence-corrected chi connectivity index (χ4v) is 2.93. The van der Waals surface area contributed by atoms with Gasteiger partial charge in [-0.05, 0) is 38.3 Å². The van der Waals surface area contributed by atoms with Crippen molar-refractivity contribution in [3.05, 3.63) is 0 Å². The van der Waals surface area contributed by atoms with E-state index in [1.54, 1.807) is 0 Å². The lowest BCUT2D eigenvalue weighted by atomic mass is 9.94. The molecule has 2 heteroatoms. The van der Waals surface area contributed by atoms with Crippen molar-refractivity contribution < 1.29 is 0 Å². The second kappa shape index (κ2) is 3.58. The van der Waals surface area contributed by atoms with Crippen LogP contribution in [0.2, 0.25) is 0 Å². The highest BCUT2D eigenvalue weighted by molar-refractivity contribution is 5.01. The maximum absolute atomic E-state index is 3.52. The summed E-state index contributed by atoms with van der Waals surface area (Å²) in [6.45, 7) is 9.75. The van der Waals surface area contributed by atoms with Crippen LogP contribution in [0.25, 0.3) is 0 Å². The Morgan fingerprint density at radius 1 is 1.38 bits per heavy atom. The SMILES string of the molecule is CC(C)CN1CCC[C@@]12CCNC2. The molecule has 0 aromatic heterocycles. The van der Waals surface area contributed by atoms with E-state index in [0.717, 1.165) is 5.92 Å². The summed E-state index contributed by atoms with van der Waals surface area (Å²) in [6, 6.07) is 0. The molecule has 13 heavy (non-hydrogen) atoms. The Hall–Kier alpha value is -0.0800. The van der Waals surface area contributed by atoms with E-state index in [2.05, 4.69) is 24.1 Å². The number of nitrogens with zero attached hydrogens (tertiary/aromatic N) is 1. The number of rotatable bonds is 2. The molecule has 0 aromatic rings. The quantitative estimate of drug-likeness (QED) is 0.695. The standard InChI is InChI=1S/C11H22N2/c1-10(2)8-13-7-3-4-11(13)5-6-12-9-11/h10,12H,3-9H2,1-2H3/t11-/m0/s1. The summed E-state index contributed by atoms with van der Waals surface area (Å²) in [5.41, 5.74) is 0.560. The molecule has 0 aromatic carbocycles. The first-order valence-corrected chi connectivity index (χ1v) is 5.69. The fourth-order valence-electron chi connectivity index (χ4n) is 2.93. The van der Waals surface area contributed by atoms with Crippen molar-refractivity contribution in [2.24, 2.45) is 5.92 Å². The van der Waals surface area contributed by atoms with E-state index in [1.165, 1.54) is 45.4 Å². The van der Waals surface area contributed by atoms with E-state index in [9.17, 15) is 0 Å². The van der Waals surface area contributed by atoms with Gasteiger partial charge >= 0.3 is 0 Å². The molecular weight excluding hydrogens is 160 g/mol. The highest BCUT2D eigenvalue weighted by Crippen LogP contribution is 2.34. The molecule has 0 amide bonds. The van der Waals surface area contributed by atoms with E-state index in [1.807, 2.05) is 0 Å². The first-order chi connectivity index (χ1) is 6.23. The van der Waals surface area contributed by atoms with Crippen LogP contribution in [0.15, 0.2) is 0 Å². The van der Waals surface area contributed by atoms with E-state index >= 15 is 0 Å². The zero-order valence-corrected chi connectivity index (χ0v) is 8.97. The average Bonchev–Trinajstić information content (AvgIpc) is 2.64. The summed E-state index contributed by atoms with van der Waals surface area (Å²) >= 11 is 0. The van der Waals surface area contributed by atoms with Gasteiger partial charge in [0, 0.05) is 18.6 Å². The molecule has 76 valence electrons. The van der Waals surface area contributed by atoms with E-state index in [4.69, 9.17) is 0 Å². The summed E-state index contributed by atoms with van der Waals surface area (Å²) in [7, 11) is 0. The maximum atomic E-state index is 3.52. The van der Waals surface area contributed by atoms with Crippen molar-refractivity contribution in [3.8, 4) is 0 Å². The van der Waals surface area contributed by atoms with Crippen molar-refractivity contribution in [1.29, 1.82) is 0 Å². The van der Waals surface area contributed by atoms with Crippen LogP contribution >= 0.6 is 0 Å². The zero-order valence-electron chi connectivity index (χ0n) is 8.97. The van der Waals surface area contributed by atoms with Crippen LogP contribution in [0.1, 0.15) is 33.1 Å². The Balaban J connectivity index is 2.00. The third-order valence-corrected chi connectivity index (χ3v) is 3.55. The van der Waals surface area contributed by atoms with Crippen LogP contribution in [-0.4, -0.2) is 36.6 Å². The van der Waals surface area contributed by atoms with E-state index in [-0.39, 0.29) is 0 Å². The fraction of sp³-hybridized carbons (Fsp3) is 1.00. The van der Waals surface area contributed by atoms with Crippen molar-refractivity contribution in [2.45, 2.75) is 38.6 Å². The summed E-state index contributed by atoms with van der Waals surface area (Å²) in [4.78, 5) is 2.73. The summed E-state index contributed by atoms with van der Waals surface area (Å²) in [5, 5.41) is 3.52. The van der Waals surface area contributed by atoms with Gasteiger partial charge in [0.05, 0.1) is 0 Å². The second-order valence-corrected chi connectivity index (χ2v) is 5.09. The lowest BCUT2D eigenvalue weighted by Gasteiger charge is -2.35. The minimum atomic E-state index is 0.560. The first kappa shape index (κ1) is 9.47. The van der Waals surface area contributed by atoms with Crippen molar-refractivity contribution in [2.75, 3.05) is 26.2 Å². The zero-order chi connectivity index (χ0) is 9.31. The van der Waals surface area contributed by atoms with Gasteiger partial charge in [-0.2, -0.15) is 0 Å². The summed E-state index contributed by atoms with van der Waals surface area (Å²) in [5.74, 6) is 0.815. The molecule has 0 aliphatic carbocycles. The third kappa shape index (κ3) is 1.75. The van der Waals surface area contributed by atoms with E-state index in [0.29, 0.717) is 5.54 Å². The topological polar surface area (TPSA) is 15.3 Å². The molecule has 1 N–H and O–H groups in total. The smallest absolute Gasteiger partial charge is 0.0346 e. The Morgan fingerprint density at radius 3 is 2.85 bits per heavy atom.